The lowest BCUT2D eigenvalue weighted by Gasteiger charge is -2.36. The number of ether oxygens (including phenoxy) is 2. The maximum atomic E-state index is 15.5. The number of anilines is 6. The minimum atomic E-state index is -0.451. The number of hydrogen-bond donors (Lipinski definition) is 0. The molecular weight excluding hydrogens is 1110 g/mol. The average Bonchev–Trinajstić information content (AvgIpc) is 0.756. The van der Waals surface area contributed by atoms with Crippen LogP contribution in [-0.2, 0) is 16.2 Å². The molecule has 0 aliphatic carbocycles. The summed E-state index contributed by atoms with van der Waals surface area (Å²) in [6, 6.07) is 96.5. The van der Waals surface area contributed by atoms with Gasteiger partial charge in [0.05, 0.1) is 17.1 Å². The van der Waals surface area contributed by atoms with Crippen molar-refractivity contribution in [2.24, 2.45) is 0 Å². The summed E-state index contributed by atoms with van der Waals surface area (Å²) < 4.78 is 44.0. The van der Waals surface area contributed by atoms with Crippen molar-refractivity contribution in [1.29, 1.82) is 0 Å². The minimum absolute atomic E-state index is 0.216. The fourth-order valence-electron chi connectivity index (χ4n) is 11.6. The molecule has 446 valence electrons. The Balaban J connectivity index is 1.24. The van der Waals surface area contributed by atoms with Crippen LogP contribution in [0.25, 0.3) is 55.6 Å². The lowest BCUT2D eigenvalue weighted by Crippen LogP contribution is -2.20. The number of rotatable bonds is 15. The van der Waals surface area contributed by atoms with E-state index >= 15 is 4.39 Å². The summed E-state index contributed by atoms with van der Waals surface area (Å²) in [5.41, 5.74) is 18.2. The van der Waals surface area contributed by atoms with Crippen molar-refractivity contribution in [1.82, 2.24) is 0 Å². The minimum Gasteiger partial charge on any atom is -0.457 e. The molecule has 0 N–H and O–H groups in total. The van der Waals surface area contributed by atoms with E-state index in [0.717, 1.165) is 95.2 Å². The Bertz CT molecular complexity index is 4350. The van der Waals surface area contributed by atoms with E-state index in [1.165, 1.54) is 29.8 Å². The number of benzene rings is 12. The van der Waals surface area contributed by atoms with Crippen LogP contribution < -0.4 is 19.3 Å². The highest BCUT2D eigenvalue weighted by Crippen LogP contribution is 2.55. The lowest BCUT2D eigenvalue weighted by molar-refractivity contribution is 0.456. The molecule has 12 aromatic rings. The van der Waals surface area contributed by atoms with Crippen molar-refractivity contribution < 1.29 is 18.3 Å². The SMILES string of the molecule is CC(C)(C)c1cc(N(c2ccc(-c3ccccc3)cc2)c2c(-c3ccccc3)cc(C(C)(C)C)cc2-c2ccccc2)cc(N(c2ccc(Oc3cccc(F)c3)cc2Oc2cccc(F)c2)c2c(-c3ccccc3)cc(C(C)(C)C)cc2-c2ccccc2)c1. The molecule has 0 radical (unpaired) electrons. The summed E-state index contributed by atoms with van der Waals surface area (Å²) in [5.74, 6) is 0.460. The van der Waals surface area contributed by atoms with Crippen LogP contribution in [0.15, 0.2) is 285 Å². The Morgan fingerprint density at radius 3 is 1.01 bits per heavy atom. The molecule has 0 unspecified atom stereocenters. The van der Waals surface area contributed by atoms with Crippen molar-refractivity contribution in [3.05, 3.63) is 313 Å². The number of nitrogens with zero attached hydrogens (tertiary/aromatic N) is 2. The van der Waals surface area contributed by atoms with Gasteiger partial charge in [-0.25, -0.2) is 8.78 Å². The first-order chi connectivity index (χ1) is 43.3. The van der Waals surface area contributed by atoms with E-state index in [4.69, 9.17) is 9.47 Å². The number of hydrogen-bond acceptors (Lipinski definition) is 4. The van der Waals surface area contributed by atoms with Crippen LogP contribution in [0.2, 0.25) is 0 Å². The Kier molecular flexibility index (Phi) is 16.7. The largest absolute Gasteiger partial charge is 0.457 e. The molecule has 0 spiro atoms. The molecule has 4 nitrogen and oxygen atoms in total. The molecule has 0 atom stereocenters. The molecule has 0 saturated heterocycles. The van der Waals surface area contributed by atoms with Crippen LogP contribution in [0, 0.1) is 11.6 Å². The van der Waals surface area contributed by atoms with Crippen molar-refractivity contribution >= 4 is 34.1 Å². The zero-order valence-electron chi connectivity index (χ0n) is 52.6. The highest BCUT2D eigenvalue weighted by atomic mass is 19.1. The third kappa shape index (κ3) is 13.1. The van der Waals surface area contributed by atoms with E-state index in [2.05, 4.69) is 291 Å². The van der Waals surface area contributed by atoms with Gasteiger partial charge in [-0.3, -0.25) is 0 Å². The topological polar surface area (TPSA) is 24.9 Å². The standard InChI is InChI=1S/C84H74F2N2O2/c1-82(2,3)63-47-69(87(68-43-41-58(42-44-68)57-27-15-10-16-28-57)80-74(59-29-17-11-18-30-59)49-64(83(4,5)6)50-75(80)60-31-19-12-20-32-60)55-70(48-63)88(78-46-45-73(89-71-39-25-37-66(85)53-71)56-79(78)90-72-40-26-38-67(86)54-72)81-76(61-33-21-13-22-34-61)51-65(84(7,8)9)52-77(81)62-35-23-14-24-36-62/h10-56H,1-9H3. The molecule has 0 aliphatic heterocycles. The molecular formula is C84H74F2N2O2. The van der Waals surface area contributed by atoms with Crippen molar-refractivity contribution in [2.75, 3.05) is 9.80 Å². The van der Waals surface area contributed by atoms with Gasteiger partial charge in [0.2, 0.25) is 0 Å². The fourth-order valence-corrected chi connectivity index (χ4v) is 11.6. The first kappa shape index (κ1) is 60.0. The fraction of sp³-hybridized carbons (Fsp3) is 0.143. The molecule has 0 aromatic heterocycles. The highest BCUT2D eigenvalue weighted by Gasteiger charge is 2.32. The zero-order valence-corrected chi connectivity index (χ0v) is 52.6. The molecule has 90 heavy (non-hydrogen) atoms. The predicted molar refractivity (Wildman–Crippen MR) is 372 cm³/mol. The molecule has 6 heteroatoms. The summed E-state index contributed by atoms with van der Waals surface area (Å²) in [7, 11) is 0. The summed E-state index contributed by atoms with van der Waals surface area (Å²) in [5, 5.41) is 0. The van der Waals surface area contributed by atoms with E-state index in [1.807, 2.05) is 18.2 Å². The lowest BCUT2D eigenvalue weighted by atomic mass is 9.81. The third-order valence-corrected chi connectivity index (χ3v) is 16.5. The van der Waals surface area contributed by atoms with Gasteiger partial charge in [-0.2, -0.15) is 0 Å². The molecule has 0 amide bonds. The van der Waals surface area contributed by atoms with E-state index in [0.29, 0.717) is 22.9 Å². The zero-order chi connectivity index (χ0) is 62.7. The second-order valence-corrected chi connectivity index (χ2v) is 26.1. The van der Waals surface area contributed by atoms with Crippen LogP contribution in [0.1, 0.15) is 79.0 Å². The Labute approximate surface area is 530 Å². The second-order valence-electron chi connectivity index (χ2n) is 26.1. The second kappa shape index (κ2) is 25.1. The quantitative estimate of drug-likeness (QED) is 0.102. The molecule has 0 saturated carbocycles. The first-order valence-corrected chi connectivity index (χ1v) is 30.8. The maximum Gasteiger partial charge on any atom is 0.155 e. The molecule has 0 bridgehead atoms. The van der Waals surface area contributed by atoms with Gasteiger partial charge in [0.15, 0.2) is 5.75 Å². The number of halogens is 2. The van der Waals surface area contributed by atoms with E-state index in [1.54, 1.807) is 24.3 Å². The summed E-state index contributed by atoms with van der Waals surface area (Å²) in [6.07, 6.45) is 0. The predicted octanol–water partition coefficient (Wildman–Crippen LogP) is 24.7. The summed E-state index contributed by atoms with van der Waals surface area (Å²) in [6.45, 7) is 20.4. The van der Waals surface area contributed by atoms with Crippen LogP contribution in [-0.4, -0.2) is 0 Å². The molecule has 12 rings (SSSR count). The summed E-state index contributed by atoms with van der Waals surface area (Å²) >= 11 is 0. The van der Waals surface area contributed by atoms with Gasteiger partial charge < -0.3 is 19.3 Å². The van der Waals surface area contributed by atoms with Crippen LogP contribution in [0.5, 0.6) is 23.0 Å². The summed E-state index contributed by atoms with van der Waals surface area (Å²) in [4.78, 5) is 4.79. The van der Waals surface area contributed by atoms with Crippen LogP contribution >= 0.6 is 0 Å². The average molecular weight is 1180 g/mol. The Morgan fingerprint density at radius 1 is 0.267 bits per heavy atom. The van der Waals surface area contributed by atoms with Crippen LogP contribution in [0.3, 0.4) is 0 Å². The van der Waals surface area contributed by atoms with Crippen molar-refractivity contribution in [2.45, 2.75) is 78.6 Å². The van der Waals surface area contributed by atoms with Gasteiger partial charge in [-0.15, -0.1) is 0 Å². The highest BCUT2D eigenvalue weighted by molar-refractivity contribution is 6.02. The molecule has 0 aliphatic rings. The van der Waals surface area contributed by atoms with E-state index in [-0.39, 0.29) is 16.6 Å². The van der Waals surface area contributed by atoms with Gasteiger partial charge >= 0.3 is 0 Å². The van der Waals surface area contributed by atoms with Gasteiger partial charge in [-0.1, -0.05) is 238 Å². The molecule has 12 aromatic carbocycles. The van der Waals surface area contributed by atoms with Gasteiger partial charge in [0.25, 0.3) is 0 Å². The Hall–Kier alpha value is -10.3. The van der Waals surface area contributed by atoms with E-state index in [9.17, 15) is 4.39 Å². The third-order valence-electron chi connectivity index (χ3n) is 16.5. The molecule has 0 fully saturated rings. The van der Waals surface area contributed by atoms with Gasteiger partial charge in [-0.05, 0) is 157 Å². The van der Waals surface area contributed by atoms with Gasteiger partial charge in [0, 0.05) is 57.5 Å². The monoisotopic (exact) mass is 1180 g/mol. The van der Waals surface area contributed by atoms with E-state index < -0.39 is 17.0 Å². The molecule has 0 heterocycles. The smallest absolute Gasteiger partial charge is 0.155 e. The Morgan fingerprint density at radius 2 is 0.611 bits per heavy atom. The maximum absolute atomic E-state index is 15.5. The van der Waals surface area contributed by atoms with Crippen molar-refractivity contribution in [3.63, 3.8) is 0 Å². The van der Waals surface area contributed by atoms with Crippen molar-refractivity contribution in [3.8, 4) is 78.6 Å². The first-order valence-electron chi connectivity index (χ1n) is 30.8. The normalized spacial score (nSPS) is 11.7. The van der Waals surface area contributed by atoms with Gasteiger partial charge in [0.1, 0.15) is 28.9 Å². The van der Waals surface area contributed by atoms with Crippen LogP contribution in [0.4, 0.5) is 42.9 Å².